The van der Waals surface area contributed by atoms with Gasteiger partial charge in [0.15, 0.2) is 0 Å². The average molecular weight is 573 g/mol. The third-order valence-electron chi connectivity index (χ3n) is 7.16. The zero-order chi connectivity index (χ0) is 23.7. The second kappa shape index (κ2) is 7.56. The van der Waals surface area contributed by atoms with Gasteiger partial charge < -0.3 is 0 Å². The van der Waals surface area contributed by atoms with E-state index in [9.17, 15) is 8.78 Å². The first-order valence-electron chi connectivity index (χ1n) is 10.8. The summed E-state index contributed by atoms with van der Waals surface area (Å²) >= 11 is -0.153. The standard InChI is InChI=1S/C24H20F2IN6O/c1-12-30-33-22(34-12)21-28-8-7-18(29-21)24-11-27-10-14(23(24,2)3)13-9-17(31-32-20(13)24)19-15(25)5-4-6-16(19)26/h4-9,14H,10-11H2,1-3H3/q-1/t14-,24-/m0/s1. The Balaban J connectivity index is 1.55. The van der Waals surface area contributed by atoms with E-state index in [0.29, 0.717) is 11.7 Å². The van der Waals surface area contributed by atoms with Gasteiger partial charge >= 0.3 is 205 Å². The van der Waals surface area contributed by atoms with Crippen LogP contribution in [-0.4, -0.2) is 39.2 Å². The van der Waals surface area contributed by atoms with Gasteiger partial charge in [0.2, 0.25) is 0 Å². The topological polar surface area (TPSA) is 90.5 Å². The predicted octanol–water partition coefficient (Wildman–Crippen LogP) is 1.08. The number of aromatic nitrogens is 6. The van der Waals surface area contributed by atoms with Crippen molar-refractivity contribution in [3.05, 3.63) is 71.0 Å². The van der Waals surface area contributed by atoms with Crippen molar-refractivity contribution in [3.8, 4) is 23.0 Å². The van der Waals surface area contributed by atoms with E-state index in [-0.39, 0.29) is 49.7 Å². The van der Waals surface area contributed by atoms with Crippen molar-refractivity contribution < 1.29 is 34.4 Å². The van der Waals surface area contributed by atoms with Crippen LogP contribution in [0, 0.1) is 24.0 Å². The SMILES string of the molecule is Cc1nnc(-c2nccc([C@@]34C[I-]C[C@@H](c5cc(-c6c(F)cccc6F)nnc53)C4(C)C)n2)o1. The van der Waals surface area contributed by atoms with Crippen LogP contribution in [0.5, 0.6) is 0 Å². The van der Waals surface area contributed by atoms with Crippen LogP contribution < -0.4 is 21.2 Å². The predicted molar refractivity (Wildman–Crippen MR) is 114 cm³/mol. The van der Waals surface area contributed by atoms with E-state index < -0.39 is 17.0 Å². The Hall–Kier alpha value is -2.89. The van der Waals surface area contributed by atoms with Crippen LogP contribution in [0.3, 0.4) is 0 Å². The van der Waals surface area contributed by atoms with Crippen molar-refractivity contribution in [2.45, 2.75) is 32.1 Å². The van der Waals surface area contributed by atoms with E-state index in [4.69, 9.17) is 9.40 Å². The van der Waals surface area contributed by atoms with Crippen LogP contribution in [0.4, 0.5) is 8.78 Å². The summed E-state index contributed by atoms with van der Waals surface area (Å²) in [5.41, 5.74) is 2.04. The second-order valence-corrected chi connectivity index (χ2v) is 11.9. The number of fused-ring (bicyclic) bond motifs is 5. The Morgan fingerprint density at radius 1 is 1.06 bits per heavy atom. The number of halogens is 3. The van der Waals surface area contributed by atoms with Gasteiger partial charge in [-0.3, -0.25) is 0 Å². The summed E-state index contributed by atoms with van der Waals surface area (Å²) in [6.45, 7) is 6.17. The first kappa shape index (κ1) is 21.6. The summed E-state index contributed by atoms with van der Waals surface area (Å²) in [7, 11) is 0. The zero-order valence-corrected chi connectivity index (χ0v) is 20.8. The number of aryl methyl sites for hydroxylation is 1. The molecular weight excluding hydrogens is 553 g/mol. The molecule has 0 N–H and O–H groups in total. The van der Waals surface area contributed by atoms with Gasteiger partial charge in [-0.05, 0) is 0 Å². The van der Waals surface area contributed by atoms with Crippen molar-refractivity contribution in [2.24, 2.45) is 5.41 Å². The summed E-state index contributed by atoms with van der Waals surface area (Å²) in [4.78, 5) is 9.23. The molecule has 0 radical (unpaired) electrons. The quantitative estimate of drug-likeness (QED) is 0.268. The maximum absolute atomic E-state index is 14.5. The number of benzene rings is 1. The normalized spacial score (nSPS) is 22.8. The number of alkyl halides is 2. The molecule has 10 heteroatoms. The summed E-state index contributed by atoms with van der Waals surface area (Å²) in [5, 5.41) is 16.9. The van der Waals surface area contributed by atoms with Gasteiger partial charge in [-0.25, -0.2) is 0 Å². The van der Waals surface area contributed by atoms with E-state index in [2.05, 4.69) is 39.2 Å². The first-order chi connectivity index (χ1) is 16.3. The van der Waals surface area contributed by atoms with E-state index in [1.807, 2.05) is 12.1 Å². The van der Waals surface area contributed by atoms with Crippen molar-refractivity contribution in [3.63, 3.8) is 0 Å². The molecule has 1 aliphatic carbocycles. The second-order valence-electron chi connectivity index (χ2n) is 9.18. The van der Waals surface area contributed by atoms with Crippen molar-refractivity contribution in [2.75, 3.05) is 8.86 Å². The van der Waals surface area contributed by atoms with Crippen molar-refractivity contribution in [1.29, 1.82) is 0 Å². The monoisotopic (exact) mass is 573 g/mol. The molecule has 2 atom stereocenters. The molecule has 4 aromatic rings. The Labute approximate surface area is 204 Å². The fraction of sp³-hybridized carbons (Fsp3) is 0.333. The van der Waals surface area contributed by atoms with E-state index in [0.717, 1.165) is 25.8 Å². The molecule has 2 bridgehead atoms. The van der Waals surface area contributed by atoms with Gasteiger partial charge in [0.1, 0.15) is 0 Å². The van der Waals surface area contributed by atoms with Gasteiger partial charge in [0.25, 0.3) is 0 Å². The van der Waals surface area contributed by atoms with Gasteiger partial charge in [0.05, 0.1) is 0 Å². The molecule has 1 saturated heterocycles. The van der Waals surface area contributed by atoms with Gasteiger partial charge in [0, 0.05) is 0 Å². The molecule has 2 aliphatic rings. The average Bonchev–Trinajstić information content (AvgIpc) is 3.25. The molecule has 0 unspecified atom stereocenters. The van der Waals surface area contributed by atoms with Gasteiger partial charge in [-0.1, -0.05) is 0 Å². The molecule has 174 valence electrons. The van der Waals surface area contributed by atoms with Crippen LogP contribution in [0.2, 0.25) is 0 Å². The Bertz CT molecular complexity index is 1420. The molecule has 1 aromatic carbocycles. The molecule has 6 rings (SSSR count). The minimum absolute atomic E-state index is 0.142. The molecule has 7 nitrogen and oxygen atoms in total. The van der Waals surface area contributed by atoms with Crippen LogP contribution in [0.25, 0.3) is 23.0 Å². The number of hydrogen-bond acceptors (Lipinski definition) is 7. The summed E-state index contributed by atoms with van der Waals surface area (Å²) < 4.78 is 36.6. The van der Waals surface area contributed by atoms with Gasteiger partial charge in [-0.2, -0.15) is 0 Å². The third-order valence-corrected chi connectivity index (χ3v) is 10.3. The molecule has 3 aromatic heterocycles. The third kappa shape index (κ3) is 2.90. The van der Waals surface area contributed by atoms with E-state index >= 15 is 0 Å². The first-order valence-corrected chi connectivity index (χ1v) is 13.9. The molecular formula is C24H20F2IN6O-. The van der Waals surface area contributed by atoms with E-state index in [1.165, 1.54) is 18.2 Å². The van der Waals surface area contributed by atoms with Crippen molar-refractivity contribution >= 4 is 0 Å². The number of nitrogens with zero attached hydrogens (tertiary/aromatic N) is 6. The van der Waals surface area contributed by atoms with Crippen LogP contribution in [-0.2, 0) is 5.41 Å². The van der Waals surface area contributed by atoms with Crippen LogP contribution in [0.1, 0.15) is 42.6 Å². The maximum atomic E-state index is 14.5. The van der Waals surface area contributed by atoms with Crippen LogP contribution >= 0.6 is 0 Å². The molecule has 1 fully saturated rings. The Morgan fingerprint density at radius 2 is 1.85 bits per heavy atom. The zero-order valence-electron chi connectivity index (χ0n) is 18.7. The molecule has 0 saturated carbocycles. The molecule has 1 aliphatic heterocycles. The minimum atomic E-state index is -0.646. The Kier molecular flexibility index (Phi) is 4.81. The fourth-order valence-electron chi connectivity index (χ4n) is 5.28. The van der Waals surface area contributed by atoms with E-state index in [1.54, 1.807) is 13.1 Å². The number of rotatable bonds is 3. The molecule has 4 heterocycles. The summed E-state index contributed by atoms with van der Waals surface area (Å²) in [6.07, 6.45) is 1.71. The molecule has 0 spiro atoms. The van der Waals surface area contributed by atoms with Crippen LogP contribution in [0.15, 0.2) is 40.9 Å². The summed E-state index contributed by atoms with van der Waals surface area (Å²) in [6, 6.07) is 7.58. The molecule has 34 heavy (non-hydrogen) atoms. The summed E-state index contributed by atoms with van der Waals surface area (Å²) in [5.74, 6) is -0.0209. The Morgan fingerprint density at radius 3 is 2.59 bits per heavy atom. The molecule has 0 amide bonds. The number of hydrogen-bond donors (Lipinski definition) is 0. The van der Waals surface area contributed by atoms with Gasteiger partial charge in [-0.15, -0.1) is 0 Å². The fourth-order valence-corrected chi connectivity index (χ4v) is 10.3. The van der Waals surface area contributed by atoms with Crippen molar-refractivity contribution in [1.82, 2.24) is 30.4 Å².